The third kappa shape index (κ3) is 2.93. The molecule has 0 aromatic carbocycles. The quantitative estimate of drug-likeness (QED) is 0.805. The molecule has 1 fully saturated rings. The van der Waals surface area contributed by atoms with Crippen molar-refractivity contribution in [1.82, 2.24) is 14.6 Å². The second kappa shape index (κ2) is 5.03. The second-order valence-electron chi connectivity index (χ2n) is 5.06. The molecule has 1 aromatic rings. The Balaban J connectivity index is 2.15. The van der Waals surface area contributed by atoms with Crippen LogP contribution in [-0.2, 0) is 23.6 Å². The zero-order chi connectivity index (χ0) is 13.3. The minimum atomic E-state index is -3.38. The van der Waals surface area contributed by atoms with E-state index >= 15 is 0 Å². The summed E-state index contributed by atoms with van der Waals surface area (Å²) in [5.41, 5.74) is 0.956. The molecule has 1 aliphatic carbocycles. The van der Waals surface area contributed by atoms with Crippen molar-refractivity contribution in [2.24, 2.45) is 13.0 Å². The van der Waals surface area contributed by atoms with Gasteiger partial charge in [-0.25, -0.2) is 13.1 Å². The van der Waals surface area contributed by atoms with Gasteiger partial charge in [-0.2, -0.15) is 0 Å². The van der Waals surface area contributed by atoms with Gasteiger partial charge in [0.05, 0.1) is 4.90 Å². The van der Waals surface area contributed by atoms with E-state index in [4.69, 9.17) is 0 Å². The van der Waals surface area contributed by atoms with Crippen LogP contribution in [-0.4, -0.2) is 26.1 Å². The molecule has 1 aromatic heterocycles. The molecule has 6 heteroatoms. The van der Waals surface area contributed by atoms with Crippen molar-refractivity contribution in [2.45, 2.75) is 37.2 Å². The van der Waals surface area contributed by atoms with Crippen LogP contribution in [0.3, 0.4) is 0 Å². The Morgan fingerprint density at radius 1 is 1.50 bits per heavy atom. The summed E-state index contributed by atoms with van der Waals surface area (Å²) in [5.74, 6) is 0.514. The maximum absolute atomic E-state index is 12.2. The smallest absolute Gasteiger partial charge is 0.242 e. The standard InChI is InChI=1S/C12H21N3O2S/c1-9(10-4-5-10)14-18(16,17)12-6-11(7-13-2)15(3)8-12/h6,8-10,13-14H,4-5,7H2,1-3H3. The van der Waals surface area contributed by atoms with Crippen LogP contribution in [0.2, 0.25) is 0 Å². The van der Waals surface area contributed by atoms with E-state index in [0.29, 0.717) is 17.4 Å². The summed E-state index contributed by atoms with van der Waals surface area (Å²) in [7, 11) is 0.316. The van der Waals surface area contributed by atoms with E-state index in [9.17, 15) is 8.42 Å². The second-order valence-corrected chi connectivity index (χ2v) is 6.77. The minimum absolute atomic E-state index is 0.0305. The van der Waals surface area contributed by atoms with E-state index in [1.54, 1.807) is 12.3 Å². The first-order chi connectivity index (χ1) is 8.44. The Bertz CT molecular complexity index is 517. The molecule has 2 rings (SSSR count). The Labute approximate surface area is 109 Å². The predicted molar refractivity (Wildman–Crippen MR) is 70.7 cm³/mol. The SMILES string of the molecule is CNCc1cc(S(=O)(=O)NC(C)C2CC2)cn1C. The maximum Gasteiger partial charge on any atom is 0.242 e. The summed E-state index contributed by atoms with van der Waals surface area (Å²) in [6.07, 6.45) is 3.92. The van der Waals surface area contributed by atoms with Crippen LogP contribution >= 0.6 is 0 Å². The van der Waals surface area contributed by atoms with Crippen molar-refractivity contribution in [2.75, 3.05) is 7.05 Å². The number of hydrogen-bond acceptors (Lipinski definition) is 3. The van der Waals surface area contributed by atoms with Gasteiger partial charge in [0, 0.05) is 31.5 Å². The van der Waals surface area contributed by atoms with Crippen molar-refractivity contribution in [3.8, 4) is 0 Å². The first-order valence-electron chi connectivity index (χ1n) is 6.26. The first kappa shape index (κ1) is 13.6. The van der Waals surface area contributed by atoms with E-state index in [-0.39, 0.29) is 6.04 Å². The van der Waals surface area contributed by atoms with Crippen LogP contribution in [0.15, 0.2) is 17.2 Å². The maximum atomic E-state index is 12.2. The highest BCUT2D eigenvalue weighted by Crippen LogP contribution is 2.33. The summed E-state index contributed by atoms with van der Waals surface area (Å²) in [5, 5.41) is 3.02. The fourth-order valence-electron chi connectivity index (χ4n) is 2.09. The van der Waals surface area contributed by atoms with Crippen molar-refractivity contribution in [3.05, 3.63) is 18.0 Å². The summed E-state index contributed by atoms with van der Waals surface area (Å²) >= 11 is 0. The number of rotatable bonds is 6. The molecule has 1 unspecified atom stereocenters. The van der Waals surface area contributed by atoms with E-state index in [2.05, 4.69) is 10.0 Å². The molecule has 0 saturated heterocycles. The number of sulfonamides is 1. The Morgan fingerprint density at radius 3 is 2.72 bits per heavy atom. The van der Waals surface area contributed by atoms with E-state index in [1.165, 1.54) is 0 Å². The topological polar surface area (TPSA) is 63.1 Å². The number of aromatic nitrogens is 1. The predicted octanol–water partition coefficient (Wildman–Crippen LogP) is 0.821. The minimum Gasteiger partial charge on any atom is -0.352 e. The monoisotopic (exact) mass is 271 g/mol. The lowest BCUT2D eigenvalue weighted by Crippen LogP contribution is -2.33. The van der Waals surface area contributed by atoms with Crippen LogP contribution in [0.1, 0.15) is 25.5 Å². The average Bonchev–Trinajstić information content (AvgIpc) is 3.05. The van der Waals surface area contributed by atoms with Gasteiger partial charge in [0.25, 0.3) is 0 Å². The Morgan fingerprint density at radius 2 is 2.17 bits per heavy atom. The zero-order valence-corrected chi connectivity index (χ0v) is 11.9. The molecule has 1 aliphatic rings. The highest BCUT2D eigenvalue weighted by atomic mass is 32.2. The molecular formula is C12H21N3O2S. The third-order valence-electron chi connectivity index (χ3n) is 3.42. The molecule has 0 aliphatic heterocycles. The summed E-state index contributed by atoms with van der Waals surface area (Å²) in [6, 6.07) is 1.75. The average molecular weight is 271 g/mol. The molecular weight excluding hydrogens is 250 g/mol. The van der Waals surface area contributed by atoms with Crippen molar-refractivity contribution in [1.29, 1.82) is 0 Å². The molecule has 1 saturated carbocycles. The lowest BCUT2D eigenvalue weighted by molar-refractivity contribution is 0.538. The Hall–Kier alpha value is -0.850. The van der Waals surface area contributed by atoms with Gasteiger partial charge in [0.1, 0.15) is 0 Å². The van der Waals surface area contributed by atoms with Gasteiger partial charge in [0.2, 0.25) is 10.0 Å². The molecule has 5 nitrogen and oxygen atoms in total. The van der Waals surface area contributed by atoms with Gasteiger partial charge in [0.15, 0.2) is 0 Å². The van der Waals surface area contributed by atoms with E-state index in [1.807, 2.05) is 25.6 Å². The van der Waals surface area contributed by atoms with Crippen molar-refractivity contribution in [3.63, 3.8) is 0 Å². The van der Waals surface area contributed by atoms with Crippen LogP contribution in [0.5, 0.6) is 0 Å². The fraction of sp³-hybridized carbons (Fsp3) is 0.667. The molecule has 1 heterocycles. The first-order valence-corrected chi connectivity index (χ1v) is 7.74. The highest BCUT2D eigenvalue weighted by molar-refractivity contribution is 7.89. The lowest BCUT2D eigenvalue weighted by Gasteiger charge is -2.11. The van der Waals surface area contributed by atoms with Crippen LogP contribution in [0.4, 0.5) is 0 Å². The van der Waals surface area contributed by atoms with E-state index < -0.39 is 10.0 Å². The summed E-state index contributed by atoms with van der Waals surface area (Å²) in [4.78, 5) is 0.350. The molecule has 0 amide bonds. The molecule has 102 valence electrons. The van der Waals surface area contributed by atoms with Gasteiger partial charge >= 0.3 is 0 Å². The molecule has 1 atom stereocenters. The number of nitrogens with zero attached hydrogens (tertiary/aromatic N) is 1. The van der Waals surface area contributed by atoms with Gasteiger partial charge in [-0.1, -0.05) is 0 Å². The van der Waals surface area contributed by atoms with Gasteiger partial charge in [-0.3, -0.25) is 0 Å². The van der Waals surface area contributed by atoms with Gasteiger partial charge in [-0.05, 0) is 38.8 Å². The number of aryl methyl sites for hydroxylation is 1. The van der Waals surface area contributed by atoms with Gasteiger partial charge < -0.3 is 9.88 Å². The zero-order valence-electron chi connectivity index (χ0n) is 11.1. The Kier molecular flexibility index (Phi) is 3.79. The molecule has 18 heavy (non-hydrogen) atoms. The van der Waals surface area contributed by atoms with E-state index in [0.717, 1.165) is 18.5 Å². The van der Waals surface area contributed by atoms with Crippen LogP contribution in [0.25, 0.3) is 0 Å². The third-order valence-corrected chi connectivity index (χ3v) is 4.95. The van der Waals surface area contributed by atoms with Crippen molar-refractivity contribution < 1.29 is 8.42 Å². The molecule has 0 bridgehead atoms. The van der Waals surface area contributed by atoms with Crippen LogP contribution < -0.4 is 10.0 Å². The largest absolute Gasteiger partial charge is 0.352 e. The summed E-state index contributed by atoms with van der Waals surface area (Å²) < 4.78 is 29.0. The normalized spacial score (nSPS) is 17.9. The molecule has 0 radical (unpaired) electrons. The summed E-state index contributed by atoms with van der Waals surface area (Å²) in [6.45, 7) is 2.59. The van der Waals surface area contributed by atoms with Gasteiger partial charge in [-0.15, -0.1) is 0 Å². The fourth-order valence-corrected chi connectivity index (χ4v) is 3.49. The van der Waals surface area contributed by atoms with Crippen LogP contribution in [0, 0.1) is 5.92 Å². The number of hydrogen-bond donors (Lipinski definition) is 2. The lowest BCUT2D eigenvalue weighted by atomic mass is 10.2. The molecule has 2 N–H and O–H groups in total. The molecule has 0 spiro atoms. The highest BCUT2D eigenvalue weighted by Gasteiger charge is 2.31. The number of nitrogens with one attached hydrogen (secondary N) is 2. The van der Waals surface area contributed by atoms with Crippen molar-refractivity contribution >= 4 is 10.0 Å².